The van der Waals surface area contributed by atoms with Crippen molar-refractivity contribution in [2.75, 3.05) is 26.3 Å². The van der Waals surface area contributed by atoms with Crippen molar-refractivity contribution in [1.29, 1.82) is 0 Å². The largest absolute Gasteiger partial charge is 0.495 e. The van der Waals surface area contributed by atoms with E-state index in [0.717, 1.165) is 44.0 Å². The first-order chi connectivity index (χ1) is 16.9. The van der Waals surface area contributed by atoms with Crippen molar-refractivity contribution < 1.29 is 23.9 Å². The van der Waals surface area contributed by atoms with E-state index in [1.165, 1.54) is 11.0 Å². The van der Waals surface area contributed by atoms with E-state index in [-0.39, 0.29) is 24.2 Å². The molecule has 2 atom stereocenters. The minimum absolute atomic E-state index is 0.198. The van der Waals surface area contributed by atoms with Crippen molar-refractivity contribution in [3.8, 4) is 5.75 Å². The third kappa shape index (κ3) is 4.86. The summed E-state index contributed by atoms with van der Waals surface area (Å²) in [6.45, 7) is 4.68. The molecule has 8 nitrogen and oxygen atoms in total. The smallest absolute Gasteiger partial charge is 0.255 e. The van der Waals surface area contributed by atoms with Crippen molar-refractivity contribution >= 4 is 38.9 Å². The zero-order valence-electron chi connectivity index (χ0n) is 20.2. The van der Waals surface area contributed by atoms with Crippen molar-refractivity contribution in [3.05, 3.63) is 58.7 Å². The quantitative estimate of drug-likeness (QED) is 0.439. The molecule has 2 fully saturated rings. The average molecular weight is 473 g/mol. The maximum atomic E-state index is 13.1. The predicted molar refractivity (Wildman–Crippen MR) is 135 cm³/mol. The van der Waals surface area contributed by atoms with Crippen LogP contribution < -0.4 is 15.5 Å². The van der Waals surface area contributed by atoms with Crippen LogP contribution in [0.4, 0.5) is 0 Å². The third-order valence-electron chi connectivity index (χ3n) is 7.18. The molecule has 0 aromatic heterocycles. The van der Waals surface area contributed by atoms with Crippen LogP contribution in [0.5, 0.6) is 5.75 Å². The zero-order valence-corrected chi connectivity index (χ0v) is 20.2. The SMILES string of the molecule is Bc1cc(C(B)Oc2cccc3c2CN(C2CCC(=O)NC2=O)C3=O)ccc1CN1CCOCC1. The van der Waals surface area contributed by atoms with Crippen LogP contribution in [0, 0.1) is 0 Å². The molecule has 3 aliphatic heterocycles. The lowest BCUT2D eigenvalue weighted by atomic mass is 9.83. The highest BCUT2D eigenvalue weighted by molar-refractivity contribution is 6.33. The molecular formula is C25H29B2N3O5. The number of nitrogens with one attached hydrogen (secondary N) is 1. The molecule has 3 aliphatic rings. The molecule has 35 heavy (non-hydrogen) atoms. The Morgan fingerprint density at radius 1 is 1.14 bits per heavy atom. The summed E-state index contributed by atoms with van der Waals surface area (Å²) >= 11 is 0. The fourth-order valence-corrected chi connectivity index (χ4v) is 5.08. The standard InChI is InChI=1S/C25H29B2N3O5/c26-19-12-15(4-5-16(19)13-29-8-10-34-11-9-29)23(27)35-21-3-1-2-17-18(21)14-30(25(17)33)20-6-7-22(31)28-24(20)32/h1-5,12,20,23H,6-11,13-14,26-27H2,(H,28,31,32). The lowest BCUT2D eigenvalue weighted by Gasteiger charge is -2.29. The first-order valence-electron chi connectivity index (χ1n) is 12.2. The Labute approximate surface area is 206 Å². The van der Waals surface area contributed by atoms with Crippen molar-refractivity contribution in [2.45, 2.75) is 38.0 Å². The number of carbonyl (C=O) groups is 3. The Morgan fingerprint density at radius 3 is 2.69 bits per heavy atom. The van der Waals surface area contributed by atoms with E-state index in [1.54, 1.807) is 11.0 Å². The number of piperidine rings is 1. The Bertz CT molecular complexity index is 1170. The number of benzene rings is 2. The highest BCUT2D eigenvalue weighted by atomic mass is 16.5. The molecular weight excluding hydrogens is 444 g/mol. The van der Waals surface area contributed by atoms with Gasteiger partial charge in [-0.15, -0.1) is 0 Å². The summed E-state index contributed by atoms with van der Waals surface area (Å²) in [4.78, 5) is 40.9. The number of hydrogen-bond acceptors (Lipinski definition) is 6. The van der Waals surface area contributed by atoms with Crippen LogP contribution in [-0.4, -0.2) is 75.6 Å². The Hall–Kier alpha value is -3.10. The van der Waals surface area contributed by atoms with Gasteiger partial charge in [0.1, 0.15) is 19.6 Å². The molecule has 3 heterocycles. The Morgan fingerprint density at radius 2 is 1.94 bits per heavy atom. The van der Waals surface area contributed by atoms with Crippen LogP contribution in [0.1, 0.15) is 45.9 Å². The summed E-state index contributed by atoms with van der Waals surface area (Å²) in [5.74, 6) is -0.255. The minimum atomic E-state index is -0.639. The predicted octanol–water partition coefficient (Wildman–Crippen LogP) is -0.751. The number of amides is 3. The van der Waals surface area contributed by atoms with Gasteiger partial charge >= 0.3 is 0 Å². The second-order valence-corrected chi connectivity index (χ2v) is 9.52. The highest BCUT2D eigenvalue weighted by Gasteiger charge is 2.40. The molecule has 0 aliphatic carbocycles. The van der Waals surface area contributed by atoms with Gasteiger partial charge in [-0.25, -0.2) is 0 Å². The lowest BCUT2D eigenvalue weighted by molar-refractivity contribution is -0.136. The normalized spacial score (nSPS) is 21.5. The van der Waals surface area contributed by atoms with Crippen molar-refractivity contribution in [2.24, 2.45) is 0 Å². The lowest BCUT2D eigenvalue weighted by Crippen LogP contribution is -2.52. The second kappa shape index (κ2) is 9.87. The first kappa shape index (κ1) is 23.6. The van der Waals surface area contributed by atoms with E-state index in [9.17, 15) is 14.4 Å². The van der Waals surface area contributed by atoms with Gasteiger partial charge in [0.05, 0.1) is 25.8 Å². The molecule has 180 valence electrons. The Balaban J connectivity index is 1.30. The van der Waals surface area contributed by atoms with Gasteiger partial charge in [0, 0.05) is 37.2 Å². The fraction of sp³-hybridized carbons (Fsp3) is 0.400. The van der Waals surface area contributed by atoms with Crippen LogP contribution >= 0.6 is 0 Å². The molecule has 2 saturated heterocycles. The topological polar surface area (TPSA) is 88.2 Å². The van der Waals surface area contributed by atoms with Gasteiger partial charge < -0.3 is 14.4 Å². The molecule has 5 rings (SSSR count). The van der Waals surface area contributed by atoms with Crippen molar-refractivity contribution in [1.82, 2.24) is 15.1 Å². The summed E-state index contributed by atoms with van der Waals surface area (Å²) in [6, 6.07) is 11.0. The van der Waals surface area contributed by atoms with Crippen molar-refractivity contribution in [3.63, 3.8) is 0 Å². The molecule has 0 bridgehead atoms. The van der Waals surface area contributed by atoms with E-state index >= 15 is 0 Å². The molecule has 0 spiro atoms. The maximum absolute atomic E-state index is 13.1. The van der Waals surface area contributed by atoms with E-state index in [0.29, 0.717) is 24.3 Å². The molecule has 10 heteroatoms. The second-order valence-electron chi connectivity index (χ2n) is 9.52. The number of nitrogens with zero attached hydrogens (tertiary/aromatic N) is 2. The van der Waals surface area contributed by atoms with Crippen LogP contribution in [0.25, 0.3) is 0 Å². The summed E-state index contributed by atoms with van der Waals surface area (Å²) in [7, 11) is 4.13. The number of ether oxygens (including phenoxy) is 2. The zero-order chi connectivity index (χ0) is 24.5. The van der Waals surface area contributed by atoms with E-state index in [4.69, 9.17) is 9.47 Å². The monoisotopic (exact) mass is 473 g/mol. The molecule has 0 radical (unpaired) electrons. The molecule has 3 amide bonds. The third-order valence-corrected chi connectivity index (χ3v) is 7.18. The average Bonchev–Trinajstić information content (AvgIpc) is 3.18. The number of imide groups is 1. The van der Waals surface area contributed by atoms with Gasteiger partial charge in [-0.2, -0.15) is 0 Å². The Kier molecular flexibility index (Phi) is 6.67. The van der Waals surface area contributed by atoms with Crippen LogP contribution in [-0.2, 0) is 27.4 Å². The molecule has 2 unspecified atom stereocenters. The van der Waals surface area contributed by atoms with Gasteiger partial charge in [-0.05, 0) is 29.7 Å². The van der Waals surface area contributed by atoms with Gasteiger partial charge in [-0.1, -0.05) is 29.7 Å². The number of carbonyl (C=O) groups excluding carboxylic acids is 3. The van der Waals surface area contributed by atoms with Gasteiger partial charge in [0.15, 0.2) is 7.85 Å². The minimum Gasteiger partial charge on any atom is -0.495 e. The maximum Gasteiger partial charge on any atom is 0.255 e. The van der Waals surface area contributed by atoms with Crippen LogP contribution in [0.2, 0.25) is 0 Å². The van der Waals surface area contributed by atoms with E-state index in [1.807, 2.05) is 20.0 Å². The molecule has 2 aromatic carbocycles. The fourth-order valence-electron chi connectivity index (χ4n) is 5.08. The van der Waals surface area contributed by atoms with Gasteiger partial charge in [-0.3, -0.25) is 24.6 Å². The first-order valence-corrected chi connectivity index (χ1v) is 12.2. The number of fused-ring (bicyclic) bond motifs is 1. The number of rotatable bonds is 6. The number of morpholine rings is 1. The molecule has 1 N–H and O–H groups in total. The summed E-state index contributed by atoms with van der Waals surface area (Å²) in [5, 5.41) is 2.35. The molecule has 2 aromatic rings. The highest BCUT2D eigenvalue weighted by Crippen LogP contribution is 2.35. The van der Waals surface area contributed by atoms with Crippen LogP contribution in [0.15, 0.2) is 36.4 Å². The summed E-state index contributed by atoms with van der Waals surface area (Å²) in [6.07, 6.45) is 0.574. The summed E-state index contributed by atoms with van der Waals surface area (Å²) in [5.41, 5.74) is 4.93. The molecule has 0 saturated carbocycles. The van der Waals surface area contributed by atoms with Gasteiger partial charge in [0.2, 0.25) is 11.8 Å². The van der Waals surface area contributed by atoms with Gasteiger partial charge in [0.25, 0.3) is 5.91 Å². The number of hydrogen-bond donors (Lipinski definition) is 1. The van der Waals surface area contributed by atoms with E-state index < -0.39 is 11.9 Å². The summed E-state index contributed by atoms with van der Waals surface area (Å²) < 4.78 is 11.8. The van der Waals surface area contributed by atoms with E-state index in [2.05, 4.69) is 36.3 Å². The van der Waals surface area contributed by atoms with Crippen LogP contribution in [0.3, 0.4) is 0 Å².